The van der Waals surface area contributed by atoms with Crippen molar-refractivity contribution < 1.29 is 28.6 Å². The van der Waals surface area contributed by atoms with Gasteiger partial charge in [0.25, 0.3) is 0 Å². The highest BCUT2D eigenvalue weighted by molar-refractivity contribution is 5.91. The van der Waals surface area contributed by atoms with Crippen LogP contribution in [0.4, 0.5) is 0 Å². The Morgan fingerprint density at radius 3 is 2.46 bits per heavy atom. The number of likely N-dealkylation sites (tertiary alicyclic amines) is 1. The second-order valence-electron chi connectivity index (χ2n) is 9.34. The molecule has 0 radical (unpaired) electrons. The second kappa shape index (κ2) is 10.3. The quantitative estimate of drug-likeness (QED) is 0.394. The number of benzene rings is 2. The molecule has 1 aromatic heterocycles. The monoisotopic (exact) mass is 479 g/mol. The number of ether oxygens (including phenoxy) is 4. The van der Waals surface area contributed by atoms with Gasteiger partial charge in [-0.3, -0.25) is 0 Å². The van der Waals surface area contributed by atoms with Crippen LogP contribution in [0, 0.1) is 0 Å². The third-order valence-electron chi connectivity index (χ3n) is 7.23. The normalized spacial score (nSPS) is 16.0. The van der Waals surface area contributed by atoms with Crippen molar-refractivity contribution in [2.24, 2.45) is 0 Å². The molecule has 7 nitrogen and oxygen atoms in total. The molecule has 2 aliphatic rings. The van der Waals surface area contributed by atoms with E-state index < -0.39 is 0 Å². The van der Waals surface area contributed by atoms with Crippen LogP contribution in [0.5, 0.6) is 23.0 Å². The van der Waals surface area contributed by atoms with Gasteiger partial charge in [0.05, 0.1) is 45.0 Å². The van der Waals surface area contributed by atoms with Crippen molar-refractivity contribution in [2.75, 3.05) is 47.6 Å². The van der Waals surface area contributed by atoms with Crippen molar-refractivity contribution in [3.8, 4) is 34.3 Å². The summed E-state index contributed by atoms with van der Waals surface area (Å²) in [5, 5.41) is 11.9. The maximum atomic E-state index is 9.71. The molecule has 35 heavy (non-hydrogen) atoms. The number of piperidine rings is 1. The molecular weight excluding hydrogens is 444 g/mol. The van der Waals surface area contributed by atoms with Gasteiger partial charge in [-0.05, 0) is 54.5 Å². The molecule has 2 aliphatic heterocycles. The molecule has 2 aromatic carbocycles. The molecule has 0 amide bonds. The Morgan fingerprint density at radius 1 is 0.971 bits per heavy atom. The Labute approximate surface area is 206 Å². The van der Waals surface area contributed by atoms with Gasteiger partial charge in [0.1, 0.15) is 0 Å². The summed E-state index contributed by atoms with van der Waals surface area (Å²) in [6.07, 6.45) is 5.63. The number of hydrogen-bond acceptors (Lipinski definition) is 6. The molecule has 1 N–H and O–H groups in total. The Kier molecular flexibility index (Phi) is 6.97. The summed E-state index contributed by atoms with van der Waals surface area (Å²) in [5.41, 5.74) is 3.58. The van der Waals surface area contributed by atoms with Crippen molar-refractivity contribution in [3.05, 3.63) is 42.1 Å². The highest BCUT2D eigenvalue weighted by Gasteiger charge is 2.27. The van der Waals surface area contributed by atoms with Crippen LogP contribution >= 0.6 is 0 Å². The summed E-state index contributed by atoms with van der Waals surface area (Å²) in [5.74, 6) is 3.05. The molecule has 3 aromatic rings. The third kappa shape index (κ3) is 4.75. The van der Waals surface area contributed by atoms with E-state index in [0.29, 0.717) is 6.61 Å². The van der Waals surface area contributed by atoms with Gasteiger partial charge in [0.15, 0.2) is 35.7 Å². The lowest BCUT2D eigenvalue weighted by molar-refractivity contribution is -0.686. The number of aromatic nitrogens is 1. The van der Waals surface area contributed by atoms with Crippen molar-refractivity contribution in [3.63, 3.8) is 0 Å². The zero-order chi connectivity index (χ0) is 24.4. The molecule has 0 aliphatic carbocycles. The zero-order valence-electron chi connectivity index (χ0n) is 20.9. The fourth-order valence-electron chi connectivity index (χ4n) is 5.25. The number of hydrogen-bond donors (Lipinski definition) is 1. The number of pyridine rings is 1. The Morgan fingerprint density at radius 2 is 1.71 bits per heavy atom. The second-order valence-corrected chi connectivity index (χ2v) is 9.34. The average molecular weight is 480 g/mol. The molecule has 186 valence electrons. The summed E-state index contributed by atoms with van der Waals surface area (Å²) in [6, 6.07) is 10.5. The number of nitrogens with zero attached hydrogens (tertiary/aromatic N) is 2. The molecular formula is C28H35N2O5+. The molecule has 0 saturated carbocycles. The summed E-state index contributed by atoms with van der Waals surface area (Å²) in [7, 11) is 5.04. The molecule has 0 unspecified atom stereocenters. The molecule has 1 saturated heterocycles. The van der Waals surface area contributed by atoms with Crippen LogP contribution in [0.15, 0.2) is 36.5 Å². The largest absolute Gasteiger partial charge is 0.493 e. The number of methoxy groups -OCH3 is 3. The minimum Gasteiger partial charge on any atom is -0.493 e. The minimum atomic E-state index is -0.138. The van der Waals surface area contributed by atoms with Crippen LogP contribution in [0.1, 0.15) is 24.8 Å². The van der Waals surface area contributed by atoms with Gasteiger partial charge in [-0.25, -0.2) is 0 Å². The summed E-state index contributed by atoms with van der Waals surface area (Å²) >= 11 is 0. The van der Waals surface area contributed by atoms with Crippen molar-refractivity contribution in [2.45, 2.75) is 38.3 Å². The number of rotatable bonds is 8. The van der Waals surface area contributed by atoms with Crippen LogP contribution in [-0.4, -0.2) is 63.7 Å². The van der Waals surface area contributed by atoms with E-state index in [1.807, 2.05) is 6.07 Å². The maximum absolute atomic E-state index is 9.71. The maximum Gasteiger partial charge on any atom is 0.213 e. The van der Waals surface area contributed by atoms with E-state index >= 15 is 0 Å². The highest BCUT2D eigenvalue weighted by Crippen LogP contribution is 2.40. The smallest absolute Gasteiger partial charge is 0.213 e. The van der Waals surface area contributed by atoms with Crippen molar-refractivity contribution in [1.82, 2.24) is 4.90 Å². The number of fused-ring (bicyclic) bond motifs is 4. The average Bonchev–Trinajstić information content (AvgIpc) is 2.90. The first-order valence-electron chi connectivity index (χ1n) is 12.4. The van der Waals surface area contributed by atoms with Crippen LogP contribution in [0.3, 0.4) is 0 Å². The van der Waals surface area contributed by atoms with E-state index in [0.717, 1.165) is 91.3 Å². The van der Waals surface area contributed by atoms with E-state index in [1.54, 1.807) is 21.3 Å². The first kappa shape index (κ1) is 23.7. The number of aliphatic hydroxyl groups is 1. The summed E-state index contributed by atoms with van der Waals surface area (Å²) in [4.78, 5) is 2.41. The minimum absolute atomic E-state index is 0.138. The van der Waals surface area contributed by atoms with Crippen LogP contribution in [0.25, 0.3) is 22.0 Å². The van der Waals surface area contributed by atoms with Gasteiger partial charge in [0.2, 0.25) is 5.69 Å². The first-order chi connectivity index (χ1) is 17.1. The fraction of sp³-hybridized carbons (Fsp3) is 0.464. The van der Waals surface area contributed by atoms with Gasteiger partial charge in [0, 0.05) is 32.1 Å². The van der Waals surface area contributed by atoms with Gasteiger partial charge >= 0.3 is 0 Å². The van der Waals surface area contributed by atoms with Crippen LogP contribution in [0.2, 0.25) is 0 Å². The van der Waals surface area contributed by atoms with Gasteiger partial charge in [-0.2, -0.15) is 4.57 Å². The molecule has 0 spiro atoms. The van der Waals surface area contributed by atoms with Crippen molar-refractivity contribution in [1.29, 1.82) is 0 Å². The standard InChI is InChI=1S/C28H35N2O5/c1-32-25-6-5-19-15-24-22-17-27(34-3)26(33-2)16-20(22)7-13-30(24)18-23(19)28(25)35-14-4-10-29-11-8-21(31)9-12-29/h5-6,15-18,21,31H,4,7-14H2,1-3H3/q+1. The van der Waals surface area contributed by atoms with E-state index in [9.17, 15) is 5.11 Å². The molecule has 3 heterocycles. The highest BCUT2D eigenvalue weighted by atomic mass is 16.5. The lowest BCUT2D eigenvalue weighted by Crippen LogP contribution is -2.40. The van der Waals surface area contributed by atoms with Gasteiger partial charge in [-0.15, -0.1) is 0 Å². The van der Waals surface area contributed by atoms with E-state index in [4.69, 9.17) is 18.9 Å². The molecule has 0 atom stereocenters. The summed E-state index contributed by atoms with van der Waals surface area (Å²) in [6.45, 7) is 4.40. The van der Waals surface area contributed by atoms with E-state index in [1.165, 1.54) is 11.1 Å². The van der Waals surface area contributed by atoms with E-state index in [-0.39, 0.29) is 6.10 Å². The van der Waals surface area contributed by atoms with Gasteiger partial charge < -0.3 is 29.0 Å². The molecule has 5 rings (SSSR count). The molecule has 1 fully saturated rings. The third-order valence-corrected chi connectivity index (χ3v) is 7.23. The lowest BCUT2D eigenvalue weighted by atomic mass is 9.95. The predicted octanol–water partition coefficient (Wildman–Crippen LogP) is 3.60. The van der Waals surface area contributed by atoms with Crippen LogP contribution < -0.4 is 23.5 Å². The topological polar surface area (TPSA) is 64.3 Å². The van der Waals surface area contributed by atoms with Crippen molar-refractivity contribution >= 4 is 10.8 Å². The Hall–Kier alpha value is -3.03. The Balaban J connectivity index is 1.41. The van der Waals surface area contributed by atoms with Gasteiger partial charge in [-0.1, -0.05) is 0 Å². The number of aryl methyl sites for hydroxylation is 2. The van der Waals surface area contributed by atoms with E-state index in [2.05, 4.69) is 39.9 Å². The van der Waals surface area contributed by atoms with Crippen LogP contribution in [-0.2, 0) is 13.0 Å². The summed E-state index contributed by atoms with van der Waals surface area (Å²) < 4.78 is 25.4. The molecule has 0 bridgehead atoms. The first-order valence-corrected chi connectivity index (χ1v) is 12.4. The molecule has 7 heteroatoms. The fourth-order valence-corrected chi connectivity index (χ4v) is 5.25. The lowest BCUT2D eigenvalue weighted by Gasteiger charge is -2.29. The number of aliphatic hydroxyl groups excluding tert-OH is 1. The SMILES string of the molecule is COc1cc2c(cc1OC)-c1cc3ccc(OC)c(OCCCN4CCC(O)CC4)c3c[n+]1CC2. The Bertz CT molecular complexity index is 1200. The zero-order valence-corrected chi connectivity index (χ0v) is 20.9. The predicted molar refractivity (Wildman–Crippen MR) is 135 cm³/mol.